The van der Waals surface area contributed by atoms with Gasteiger partial charge in [-0.2, -0.15) is 8.42 Å². The van der Waals surface area contributed by atoms with Crippen molar-refractivity contribution in [2.24, 2.45) is 28.6 Å². The normalized spacial score (nSPS) is 19.3. The molecule has 3 heterocycles. The number of Topliss-reactive ketones (excluding diaryl/α,β-unsaturated/α-hetero) is 2. The number of benzene rings is 2. The molecule has 1 saturated carbocycles. The van der Waals surface area contributed by atoms with E-state index in [-0.39, 0.29) is 110 Å². The zero-order chi connectivity index (χ0) is 50.8. The number of aromatic nitrogens is 3. The van der Waals surface area contributed by atoms with Crippen LogP contribution in [0.15, 0.2) is 79.3 Å². The highest BCUT2D eigenvalue weighted by molar-refractivity contribution is 7.84. The van der Waals surface area contributed by atoms with Gasteiger partial charge in [-0.25, -0.2) is 14.5 Å². The van der Waals surface area contributed by atoms with Gasteiger partial charge in [0.1, 0.15) is 11.2 Å². The average molecular weight is 1120 g/mol. The van der Waals surface area contributed by atoms with Crippen molar-refractivity contribution in [3.8, 4) is 0 Å². The number of rotatable bonds is 26. The second kappa shape index (κ2) is 25.4. The number of nitrogens with two attached hydrogens (primary N) is 2. The molecule has 1 fully saturated rings. The van der Waals surface area contributed by atoms with Crippen molar-refractivity contribution in [2.45, 2.75) is 122 Å². The molecule has 19 nitrogen and oxygen atoms in total. The van der Waals surface area contributed by atoms with Crippen LogP contribution >= 0.6 is 0 Å². The van der Waals surface area contributed by atoms with E-state index in [9.17, 15) is 42.3 Å². The summed E-state index contributed by atoms with van der Waals surface area (Å²) in [5.74, 6) is -2.07. The Kier molecular flexibility index (Phi) is 19.6. The SMILES string of the molecule is CC(C)[C@@H](NC(=O)CCCCCN1C(=O)C=CC1=O)C(=O)C[C@H](CCCNC(N)=O)C(=O)Cc1ccc(C[n+]2cnc(N[C@H]3CCc4ccccc43)c3ccn([C@@H]4C[C@@H](COS(N)(=O)=O)[C@@H](O)C4)c32)cc1.[I-]. The highest BCUT2D eigenvalue weighted by atomic mass is 127. The Hall–Kier alpha value is -5.62. The molecule has 8 N–H and O–H groups in total. The number of nitrogens with zero attached hydrogens (tertiary/aromatic N) is 4. The molecule has 3 aliphatic rings. The van der Waals surface area contributed by atoms with Gasteiger partial charge in [-0.3, -0.25) is 37.6 Å². The molecule has 388 valence electrons. The van der Waals surface area contributed by atoms with Crippen molar-refractivity contribution in [1.29, 1.82) is 0 Å². The summed E-state index contributed by atoms with van der Waals surface area (Å²) in [6.45, 7) is 4.35. The third-order valence-electron chi connectivity index (χ3n) is 13.9. The first-order valence-electron chi connectivity index (χ1n) is 24.5. The summed E-state index contributed by atoms with van der Waals surface area (Å²) >= 11 is 0. The summed E-state index contributed by atoms with van der Waals surface area (Å²) in [6.07, 6.45) is 10.6. The summed E-state index contributed by atoms with van der Waals surface area (Å²) in [5, 5.41) is 26.1. The number of nitrogens with one attached hydrogen (secondary N) is 3. The summed E-state index contributed by atoms with van der Waals surface area (Å²) in [4.78, 5) is 82.1. The largest absolute Gasteiger partial charge is 1.00 e. The second-order valence-electron chi connectivity index (χ2n) is 19.4. The van der Waals surface area contributed by atoms with Crippen LogP contribution in [0.2, 0.25) is 0 Å². The molecule has 2 aromatic carbocycles. The Labute approximate surface area is 437 Å². The minimum absolute atomic E-state index is 0. The Morgan fingerprint density at radius 1 is 0.944 bits per heavy atom. The summed E-state index contributed by atoms with van der Waals surface area (Å²) in [6, 6.07) is 16.4. The minimum Gasteiger partial charge on any atom is -1.00 e. The zero-order valence-corrected chi connectivity index (χ0v) is 43.7. The predicted molar refractivity (Wildman–Crippen MR) is 263 cm³/mol. The van der Waals surface area contributed by atoms with Gasteiger partial charge in [0.2, 0.25) is 23.7 Å². The number of carbonyl (C=O) groups is 6. The first-order chi connectivity index (χ1) is 33.9. The molecule has 0 spiro atoms. The van der Waals surface area contributed by atoms with Gasteiger partial charge >= 0.3 is 16.3 Å². The van der Waals surface area contributed by atoms with Gasteiger partial charge in [-0.15, -0.1) is 0 Å². The molecule has 7 rings (SSSR count). The van der Waals surface area contributed by atoms with Crippen LogP contribution in [0, 0.1) is 17.8 Å². The summed E-state index contributed by atoms with van der Waals surface area (Å²) in [7, 11) is -4.18. The number of unbranched alkanes of at least 4 members (excludes halogenated alkanes) is 2. The first-order valence-corrected chi connectivity index (χ1v) is 26.0. The number of amides is 5. The first kappa shape index (κ1) is 55.7. The van der Waals surface area contributed by atoms with Gasteiger partial charge < -0.3 is 50.8 Å². The number of aliphatic hydroxyl groups excluding tert-OH is 1. The van der Waals surface area contributed by atoms with Crippen LogP contribution in [0.4, 0.5) is 10.6 Å². The maximum absolute atomic E-state index is 14.1. The molecule has 21 heteroatoms. The van der Waals surface area contributed by atoms with E-state index < -0.39 is 40.3 Å². The van der Waals surface area contributed by atoms with Crippen LogP contribution in [0.1, 0.15) is 112 Å². The number of halogens is 1. The second-order valence-corrected chi connectivity index (χ2v) is 20.6. The number of anilines is 1. The molecule has 2 aromatic heterocycles. The number of primary amides is 1. The van der Waals surface area contributed by atoms with Crippen molar-refractivity contribution in [3.63, 3.8) is 0 Å². The van der Waals surface area contributed by atoms with Gasteiger partial charge in [0.25, 0.3) is 11.8 Å². The van der Waals surface area contributed by atoms with Crippen molar-refractivity contribution in [2.75, 3.05) is 25.0 Å². The Morgan fingerprint density at radius 2 is 1.67 bits per heavy atom. The molecule has 1 aliphatic heterocycles. The standard InChI is InChI=1S/C51H65N9O10S.HI/c1-32(2)48(57-45(64)12-4-3-7-23-60-46(65)19-20-47(60)66)44(63)27-36(10-8-22-54-51(52)67)42(61)25-33-13-15-34(16-14-33)29-58-31-55-49(56-41-18-17-35-9-5-6-11-39(35)41)40-21-24-59(50(40)58)38-26-37(43(62)28-38)30-70-71(53,68)69;/h5-6,9,11,13-16,19-21,24,31-32,36-38,41,43,48,62H,3-4,7-8,10,12,17-18,22-23,25-30H2,1-2H3,(H6,52,53,54,57,64,67,68,69);1H/t36-,37-,38+,41-,43-,48+;/m0./s1. The lowest BCUT2D eigenvalue weighted by Gasteiger charge is -2.24. The minimum atomic E-state index is -4.18. The van der Waals surface area contributed by atoms with E-state index in [0.29, 0.717) is 51.5 Å². The fraction of sp³-hybridized carbons (Fsp3) is 0.490. The Bertz CT molecular complexity index is 2730. The van der Waals surface area contributed by atoms with Crippen molar-refractivity contribution < 1.29 is 75.0 Å². The zero-order valence-electron chi connectivity index (χ0n) is 40.7. The Morgan fingerprint density at radius 3 is 2.38 bits per heavy atom. The van der Waals surface area contributed by atoms with Crippen LogP contribution in [-0.4, -0.2) is 95.1 Å². The maximum Gasteiger partial charge on any atom is 0.333 e. The van der Waals surface area contributed by atoms with Crippen LogP contribution in [0.25, 0.3) is 11.0 Å². The predicted octanol–water partition coefficient (Wildman–Crippen LogP) is 0.769. The van der Waals surface area contributed by atoms with Gasteiger partial charge in [0.15, 0.2) is 5.78 Å². The molecule has 5 amide bonds. The third-order valence-corrected chi connectivity index (χ3v) is 14.3. The van der Waals surface area contributed by atoms with E-state index in [1.54, 1.807) is 6.33 Å². The number of hydrogen-bond donors (Lipinski definition) is 6. The van der Waals surface area contributed by atoms with E-state index in [2.05, 4.69) is 32.7 Å². The number of aryl methyl sites for hydroxylation is 1. The highest BCUT2D eigenvalue weighted by Crippen LogP contribution is 2.39. The van der Waals surface area contributed by atoms with Crippen molar-refractivity contribution in [3.05, 3.63) is 102 Å². The maximum atomic E-state index is 14.1. The van der Waals surface area contributed by atoms with Crippen LogP contribution in [0.5, 0.6) is 0 Å². The number of urea groups is 1. The highest BCUT2D eigenvalue weighted by Gasteiger charge is 2.38. The molecular formula is C51H66IN9O10S. The smallest absolute Gasteiger partial charge is 0.333 e. The van der Waals surface area contributed by atoms with Crippen LogP contribution < -0.4 is 55.4 Å². The third kappa shape index (κ3) is 14.8. The lowest BCUT2D eigenvalue weighted by molar-refractivity contribution is -0.668. The monoisotopic (exact) mass is 1120 g/mol. The Balaban J connectivity index is 0.00000847. The number of ketones is 2. The molecular weight excluding hydrogens is 1060 g/mol. The molecule has 2 aliphatic carbocycles. The van der Waals surface area contributed by atoms with Gasteiger partial charge in [-0.1, -0.05) is 73.8 Å². The molecule has 0 saturated heterocycles. The lowest BCUT2D eigenvalue weighted by atomic mass is 9.85. The molecule has 0 unspecified atom stereocenters. The summed E-state index contributed by atoms with van der Waals surface area (Å²) in [5.41, 5.74) is 10.3. The van der Waals surface area contributed by atoms with Crippen LogP contribution in [0.3, 0.4) is 0 Å². The molecule has 72 heavy (non-hydrogen) atoms. The van der Waals surface area contributed by atoms with Gasteiger partial charge in [0, 0.05) is 62.8 Å². The topological polar surface area (TPSA) is 279 Å². The number of fused-ring (bicyclic) bond motifs is 2. The van der Waals surface area contributed by atoms with Crippen LogP contribution in [-0.2, 0) is 57.8 Å². The van der Waals surface area contributed by atoms with Gasteiger partial charge in [0.05, 0.1) is 43.6 Å². The number of hydrogen-bond acceptors (Lipinski definition) is 12. The molecule has 0 bridgehead atoms. The van der Waals surface area contributed by atoms with E-state index in [4.69, 9.17) is 20.0 Å². The number of carbonyl (C=O) groups excluding carboxylic acids is 6. The van der Waals surface area contributed by atoms with E-state index in [0.717, 1.165) is 45.7 Å². The quantitative estimate of drug-likeness (QED) is 0.0220. The van der Waals surface area contributed by atoms with E-state index in [1.807, 2.05) is 67.1 Å². The molecule has 6 atom stereocenters. The van der Waals surface area contributed by atoms with Gasteiger partial charge in [-0.05, 0) is 79.2 Å². The van der Waals surface area contributed by atoms with Crippen molar-refractivity contribution >= 4 is 62.5 Å². The fourth-order valence-electron chi connectivity index (χ4n) is 10.1. The molecule has 4 aromatic rings. The lowest BCUT2D eigenvalue weighted by Crippen LogP contribution is -3.00. The molecule has 0 radical (unpaired) electrons. The number of aliphatic hydroxyl groups is 1. The van der Waals surface area contributed by atoms with E-state index >= 15 is 0 Å². The summed E-state index contributed by atoms with van der Waals surface area (Å²) < 4.78 is 32.2. The average Bonchev–Trinajstić information content (AvgIpc) is 4.12. The fourth-order valence-corrected chi connectivity index (χ4v) is 10.5. The number of imide groups is 1. The van der Waals surface area contributed by atoms with E-state index in [1.165, 1.54) is 23.3 Å². The van der Waals surface area contributed by atoms with Crippen molar-refractivity contribution in [1.82, 2.24) is 25.1 Å².